The highest BCUT2D eigenvalue weighted by molar-refractivity contribution is 6.04. The Morgan fingerprint density at radius 2 is 1.69 bits per heavy atom. The number of hydrogen-bond acceptors (Lipinski definition) is 6. The van der Waals surface area contributed by atoms with E-state index in [1.165, 1.54) is 6.92 Å². The number of hydrogen-bond donors (Lipinski definition) is 2. The van der Waals surface area contributed by atoms with E-state index in [0.29, 0.717) is 30.4 Å². The molecular formula is C29H40O7. The number of fused-ring (bicyclic) bond motifs is 4. The number of aliphatic hydroxyl groups is 1. The van der Waals surface area contributed by atoms with Gasteiger partial charge in [-0.15, -0.1) is 0 Å². The summed E-state index contributed by atoms with van der Waals surface area (Å²) in [5.41, 5.74) is -0.755. The maximum absolute atomic E-state index is 13.9. The highest BCUT2D eigenvalue weighted by atomic mass is 16.4. The molecule has 4 rings (SSSR count). The van der Waals surface area contributed by atoms with E-state index in [-0.39, 0.29) is 66.6 Å². The average molecular weight is 501 g/mol. The molecule has 2 fully saturated rings. The van der Waals surface area contributed by atoms with Crippen molar-refractivity contribution in [1.82, 2.24) is 0 Å². The van der Waals surface area contributed by atoms with Crippen LogP contribution in [0.4, 0.5) is 0 Å². The fraction of sp³-hybridized carbons (Fsp3) is 0.759. The first kappa shape index (κ1) is 26.9. The first-order valence-electron chi connectivity index (χ1n) is 13.3. The maximum Gasteiger partial charge on any atom is 0.306 e. The van der Waals surface area contributed by atoms with Gasteiger partial charge in [0.05, 0.1) is 12.0 Å². The molecule has 198 valence electrons. The van der Waals surface area contributed by atoms with Gasteiger partial charge < -0.3 is 10.2 Å². The summed E-state index contributed by atoms with van der Waals surface area (Å²) in [5, 5.41) is 20.6. The molecule has 0 aromatic rings. The monoisotopic (exact) mass is 500 g/mol. The Morgan fingerprint density at radius 1 is 1.06 bits per heavy atom. The van der Waals surface area contributed by atoms with Crippen LogP contribution < -0.4 is 0 Å². The third-order valence-electron chi connectivity index (χ3n) is 10.5. The van der Waals surface area contributed by atoms with E-state index < -0.39 is 40.2 Å². The molecule has 0 aromatic carbocycles. The van der Waals surface area contributed by atoms with Crippen molar-refractivity contribution in [1.29, 1.82) is 0 Å². The molecule has 0 saturated heterocycles. The van der Waals surface area contributed by atoms with Gasteiger partial charge in [0.15, 0.2) is 5.78 Å². The third-order valence-corrected chi connectivity index (χ3v) is 10.5. The number of allylic oxidation sites excluding steroid dienone is 1. The number of rotatable bonds is 6. The Balaban J connectivity index is 1.69. The van der Waals surface area contributed by atoms with Crippen molar-refractivity contribution in [2.24, 2.45) is 45.8 Å². The molecule has 7 heteroatoms. The predicted octanol–water partition coefficient (Wildman–Crippen LogP) is 3.95. The minimum absolute atomic E-state index is 0.00736. The molecule has 0 amide bonds. The summed E-state index contributed by atoms with van der Waals surface area (Å²) in [5.74, 6) is -2.95. The molecule has 0 heterocycles. The number of aliphatic hydroxyl groups excluding tert-OH is 1. The lowest BCUT2D eigenvalue weighted by molar-refractivity contribution is -0.144. The number of aliphatic carboxylic acids is 1. The minimum Gasteiger partial charge on any atom is -0.481 e. The van der Waals surface area contributed by atoms with Crippen LogP contribution in [0.1, 0.15) is 86.5 Å². The zero-order valence-electron chi connectivity index (χ0n) is 22.3. The summed E-state index contributed by atoms with van der Waals surface area (Å²) < 4.78 is 0. The Kier molecular flexibility index (Phi) is 6.51. The molecular weight excluding hydrogens is 460 g/mol. The van der Waals surface area contributed by atoms with Crippen LogP contribution in [0.2, 0.25) is 0 Å². The molecule has 0 radical (unpaired) electrons. The van der Waals surface area contributed by atoms with Gasteiger partial charge in [0, 0.05) is 54.4 Å². The Bertz CT molecular complexity index is 1070. The van der Waals surface area contributed by atoms with Gasteiger partial charge in [-0.05, 0) is 41.6 Å². The van der Waals surface area contributed by atoms with Gasteiger partial charge in [0.1, 0.15) is 17.3 Å². The van der Waals surface area contributed by atoms with Crippen molar-refractivity contribution in [3.05, 3.63) is 11.1 Å². The van der Waals surface area contributed by atoms with E-state index in [1.807, 2.05) is 34.6 Å². The average Bonchev–Trinajstić information content (AvgIpc) is 3.02. The van der Waals surface area contributed by atoms with E-state index in [4.69, 9.17) is 5.11 Å². The second-order valence-corrected chi connectivity index (χ2v) is 13.2. The van der Waals surface area contributed by atoms with Crippen LogP contribution in [0.25, 0.3) is 0 Å². The Hall–Kier alpha value is -2.15. The maximum atomic E-state index is 13.9. The number of carbonyl (C=O) groups excluding carboxylic acids is 4. The molecule has 2 N–H and O–H groups in total. The van der Waals surface area contributed by atoms with Crippen LogP contribution in [0, 0.1) is 45.8 Å². The number of ketones is 4. The molecule has 0 aliphatic heterocycles. The van der Waals surface area contributed by atoms with Gasteiger partial charge >= 0.3 is 5.97 Å². The van der Waals surface area contributed by atoms with Crippen LogP contribution in [0.5, 0.6) is 0 Å². The lowest BCUT2D eigenvalue weighted by atomic mass is 9.45. The molecule has 7 nitrogen and oxygen atoms in total. The van der Waals surface area contributed by atoms with E-state index in [9.17, 15) is 29.1 Å². The predicted molar refractivity (Wildman–Crippen MR) is 132 cm³/mol. The molecule has 8 atom stereocenters. The van der Waals surface area contributed by atoms with Gasteiger partial charge in [-0.3, -0.25) is 24.0 Å². The van der Waals surface area contributed by atoms with Gasteiger partial charge in [-0.25, -0.2) is 0 Å². The first-order valence-corrected chi connectivity index (χ1v) is 13.3. The normalized spacial score (nSPS) is 39.2. The Labute approximate surface area is 213 Å². The van der Waals surface area contributed by atoms with E-state index in [1.54, 1.807) is 0 Å². The highest BCUT2D eigenvalue weighted by Gasteiger charge is 2.65. The van der Waals surface area contributed by atoms with Crippen molar-refractivity contribution in [3.8, 4) is 0 Å². The van der Waals surface area contributed by atoms with Crippen molar-refractivity contribution < 1.29 is 34.2 Å². The molecule has 2 saturated carbocycles. The summed E-state index contributed by atoms with van der Waals surface area (Å²) in [6, 6.07) is 0. The molecule has 4 aliphatic carbocycles. The number of carboxylic acids is 1. The van der Waals surface area contributed by atoms with Crippen molar-refractivity contribution in [2.45, 2.75) is 92.6 Å². The second-order valence-electron chi connectivity index (χ2n) is 13.2. The zero-order chi connectivity index (χ0) is 27.0. The standard InChI is InChI=1S/C29H40O7/c1-14(9-16(30)10-15(2)26(35)36)17-11-19(32)24-23-18(31)12-21-27(3,4)22(34)7-8-28(21,5)25(23)20(33)13-29(17,24)6/h14-15,17-18,21,24,31H,7-13H2,1-6H3,(H,35,36). The summed E-state index contributed by atoms with van der Waals surface area (Å²) >= 11 is 0. The largest absolute Gasteiger partial charge is 0.481 e. The summed E-state index contributed by atoms with van der Waals surface area (Å²) in [6.07, 6.45) is 0.863. The zero-order valence-corrected chi connectivity index (χ0v) is 22.3. The van der Waals surface area contributed by atoms with Crippen LogP contribution >= 0.6 is 0 Å². The number of Topliss-reactive ketones (excluding diaryl/α,β-unsaturated/α-hetero) is 4. The molecule has 8 unspecified atom stereocenters. The van der Waals surface area contributed by atoms with Gasteiger partial charge in [0.25, 0.3) is 0 Å². The van der Waals surface area contributed by atoms with Crippen LogP contribution in [-0.2, 0) is 24.0 Å². The van der Waals surface area contributed by atoms with Gasteiger partial charge in [-0.2, -0.15) is 0 Å². The van der Waals surface area contributed by atoms with Crippen molar-refractivity contribution in [2.75, 3.05) is 0 Å². The smallest absolute Gasteiger partial charge is 0.306 e. The topological polar surface area (TPSA) is 126 Å². The number of carbonyl (C=O) groups is 5. The van der Waals surface area contributed by atoms with Crippen molar-refractivity contribution in [3.63, 3.8) is 0 Å². The lowest BCUT2D eigenvalue weighted by Gasteiger charge is -2.57. The van der Waals surface area contributed by atoms with Crippen LogP contribution in [0.15, 0.2) is 11.1 Å². The third kappa shape index (κ3) is 3.84. The fourth-order valence-electron chi connectivity index (χ4n) is 8.59. The molecule has 0 bridgehead atoms. The summed E-state index contributed by atoms with van der Waals surface area (Å²) in [7, 11) is 0. The molecule has 0 spiro atoms. The molecule has 36 heavy (non-hydrogen) atoms. The van der Waals surface area contributed by atoms with Crippen LogP contribution in [-0.4, -0.2) is 45.4 Å². The van der Waals surface area contributed by atoms with Crippen molar-refractivity contribution >= 4 is 29.1 Å². The first-order chi connectivity index (χ1) is 16.6. The van der Waals surface area contributed by atoms with E-state index in [2.05, 4.69) is 0 Å². The fourth-order valence-corrected chi connectivity index (χ4v) is 8.59. The Morgan fingerprint density at radius 3 is 2.31 bits per heavy atom. The minimum atomic E-state index is -1.01. The van der Waals surface area contributed by atoms with E-state index >= 15 is 0 Å². The van der Waals surface area contributed by atoms with Gasteiger partial charge in [0.2, 0.25) is 0 Å². The molecule has 0 aromatic heterocycles. The van der Waals surface area contributed by atoms with Gasteiger partial charge in [-0.1, -0.05) is 41.5 Å². The SMILES string of the molecule is CC(CC(=O)CC(C)C1CC(=O)C2C3=C(C(=O)CC21C)C1(C)CCC(=O)C(C)(C)C1CC3O)C(=O)O. The van der Waals surface area contributed by atoms with Crippen LogP contribution in [0.3, 0.4) is 0 Å². The summed E-state index contributed by atoms with van der Waals surface area (Å²) in [4.78, 5) is 64.0. The molecule has 4 aliphatic rings. The lowest BCUT2D eigenvalue weighted by Crippen LogP contribution is -2.57. The quantitative estimate of drug-likeness (QED) is 0.565. The second kappa shape index (κ2) is 8.71. The summed E-state index contributed by atoms with van der Waals surface area (Å²) in [6.45, 7) is 11.2. The van der Waals surface area contributed by atoms with E-state index in [0.717, 1.165) is 0 Å². The highest BCUT2D eigenvalue weighted by Crippen LogP contribution is 2.66. The number of carboxylic acid groups (broad SMARTS) is 1.